The Morgan fingerprint density at radius 2 is 2.19 bits per heavy atom. The molecule has 88 valence electrons. The van der Waals surface area contributed by atoms with Crippen LogP contribution in [0.5, 0.6) is 5.75 Å². The maximum absolute atomic E-state index is 6.24. The molecule has 2 unspecified atom stereocenters. The smallest absolute Gasteiger partial charge is 0.119 e. The van der Waals surface area contributed by atoms with Gasteiger partial charge in [0.25, 0.3) is 0 Å². The molecule has 1 aromatic carbocycles. The maximum atomic E-state index is 6.24. The number of ether oxygens (including phenoxy) is 1. The number of methoxy groups -OCH3 is 1. The number of benzene rings is 1. The molecule has 0 aromatic heterocycles. The van der Waals surface area contributed by atoms with Gasteiger partial charge in [0.1, 0.15) is 5.75 Å². The zero-order chi connectivity index (χ0) is 11.5. The van der Waals surface area contributed by atoms with Crippen LogP contribution in [0.15, 0.2) is 24.3 Å². The van der Waals surface area contributed by atoms with E-state index in [1.54, 1.807) is 7.11 Å². The molecule has 0 amide bonds. The molecule has 2 nitrogen and oxygen atoms in total. The Kier molecular flexibility index (Phi) is 3.49. The van der Waals surface area contributed by atoms with Gasteiger partial charge < -0.3 is 10.5 Å². The molecule has 2 atom stereocenters. The van der Waals surface area contributed by atoms with Gasteiger partial charge in [-0.15, -0.1) is 0 Å². The van der Waals surface area contributed by atoms with Crippen molar-refractivity contribution in [1.29, 1.82) is 0 Å². The molecular weight excluding hydrogens is 198 g/mol. The lowest BCUT2D eigenvalue weighted by Gasteiger charge is -2.19. The first-order chi connectivity index (χ1) is 7.70. The maximum Gasteiger partial charge on any atom is 0.119 e. The molecule has 1 fully saturated rings. The molecule has 1 saturated carbocycles. The van der Waals surface area contributed by atoms with Gasteiger partial charge in [0, 0.05) is 6.04 Å². The van der Waals surface area contributed by atoms with E-state index in [0.29, 0.717) is 5.92 Å². The normalized spacial score (nSPS) is 19.2. The Balaban J connectivity index is 1.96. The Hall–Kier alpha value is -1.02. The molecule has 1 aromatic rings. The number of hydrogen-bond donors (Lipinski definition) is 1. The van der Waals surface area contributed by atoms with E-state index in [-0.39, 0.29) is 6.04 Å². The highest BCUT2D eigenvalue weighted by Crippen LogP contribution is 2.38. The summed E-state index contributed by atoms with van der Waals surface area (Å²) in [5.74, 6) is 2.44. The molecule has 2 heteroatoms. The lowest BCUT2D eigenvalue weighted by Crippen LogP contribution is -2.31. The van der Waals surface area contributed by atoms with Crippen LogP contribution < -0.4 is 10.5 Å². The molecule has 0 saturated heterocycles. The Labute approximate surface area is 97.8 Å². The summed E-state index contributed by atoms with van der Waals surface area (Å²) in [6.07, 6.45) is 3.69. The highest BCUT2D eigenvalue weighted by Gasteiger charge is 2.31. The molecule has 0 spiro atoms. The van der Waals surface area contributed by atoms with Gasteiger partial charge in [-0.3, -0.25) is 0 Å². The molecule has 1 aliphatic carbocycles. The third-order valence-corrected chi connectivity index (χ3v) is 3.65. The van der Waals surface area contributed by atoms with E-state index >= 15 is 0 Å². The molecule has 2 N–H and O–H groups in total. The van der Waals surface area contributed by atoms with Crippen LogP contribution in [0, 0.1) is 11.8 Å². The first kappa shape index (κ1) is 11.5. The molecule has 0 bridgehead atoms. The predicted octanol–water partition coefficient (Wildman–Crippen LogP) is 2.61. The minimum atomic E-state index is 0.277. The zero-order valence-corrected chi connectivity index (χ0v) is 10.1. The van der Waals surface area contributed by atoms with Gasteiger partial charge in [0.2, 0.25) is 0 Å². The first-order valence-electron chi connectivity index (χ1n) is 6.09. The number of rotatable bonds is 5. The van der Waals surface area contributed by atoms with E-state index in [2.05, 4.69) is 19.1 Å². The van der Waals surface area contributed by atoms with Gasteiger partial charge in [0.05, 0.1) is 7.11 Å². The van der Waals surface area contributed by atoms with Gasteiger partial charge in [0.15, 0.2) is 0 Å². The fraction of sp³-hybridized carbons (Fsp3) is 0.571. The number of nitrogens with two attached hydrogens (primary N) is 1. The second-order valence-corrected chi connectivity index (χ2v) is 4.92. The second-order valence-electron chi connectivity index (χ2n) is 4.92. The Morgan fingerprint density at radius 3 is 2.81 bits per heavy atom. The third-order valence-electron chi connectivity index (χ3n) is 3.65. The minimum absolute atomic E-state index is 0.277. The van der Waals surface area contributed by atoms with Crippen molar-refractivity contribution in [2.24, 2.45) is 17.6 Å². The van der Waals surface area contributed by atoms with Crippen LogP contribution in [0.1, 0.15) is 25.3 Å². The van der Waals surface area contributed by atoms with Gasteiger partial charge in [-0.2, -0.15) is 0 Å². The topological polar surface area (TPSA) is 35.2 Å². The van der Waals surface area contributed by atoms with Crippen LogP contribution in [-0.4, -0.2) is 13.2 Å². The molecule has 2 rings (SSSR count). The van der Waals surface area contributed by atoms with Crippen molar-refractivity contribution in [3.05, 3.63) is 29.8 Å². The van der Waals surface area contributed by atoms with Crippen molar-refractivity contribution < 1.29 is 4.74 Å². The summed E-state index contributed by atoms with van der Waals surface area (Å²) in [5.41, 5.74) is 7.52. The lowest BCUT2D eigenvalue weighted by atomic mass is 9.92. The summed E-state index contributed by atoms with van der Waals surface area (Å²) in [4.78, 5) is 0. The molecule has 16 heavy (non-hydrogen) atoms. The molecule has 1 aliphatic rings. The lowest BCUT2D eigenvalue weighted by molar-refractivity contribution is 0.400. The van der Waals surface area contributed by atoms with Crippen LogP contribution in [0.4, 0.5) is 0 Å². The Morgan fingerprint density at radius 1 is 1.44 bits per heavy atom. The SMILES string of the molecule is COc1cccc(CC(N)C(C)C2CC2)c1. The van der Waals surface area contributed by atoms with E-state index < -0.39 is 0 Å². The highest BCUT2D eigenvalue weighted by atomic mass is 16.5. The van der Waals surface area contributed by atoms with E-state index in [1.165, 1.54) is 18.4 Å². The van der Waals surface area contributed by atoms with E-state index in [4.69, 9.17) is 10.5 Å². The molecule has 0 heterocycles. The summed E-state index contributed by atoms with van der Waals surface area (Å²) < 4.78 is 5.22. The van der Waals surface area contributed by atoms with Crippen molar-refractivity contribution in [2.75, 3.05) is 7.11 Å². The van der Waals surface area contributed by atoms with E-state index in [1.807, 2.05) is 12.1 Å². The summed E-state index contributed by atoms with van der Waals surface area (Å²) in [6, 6.07) is 8.49. The first-order valence-corrected chi connectivity index (χ1v) is 6.09. The third kappa shape index (κ3) is 2.76. The van der Waals surface area contributed by atoms with Crippen molar-refractivity contribution in [1.82, 2.24) is 0 Å². The average molecular weight is 219 g/mol. The quantitative estimate of drug-likeness (QED) is 0.826. The van der Waals surface area contributed by atoms with Gasteiger partial charge >= 0.3 is 0 Å². The largest absolute Gasteiger partial charge is 0.497 e. The Bertz CT molecular complexity index is 346. The van der Waals surface area contributed by atoms with Gasteiger partial charge in [-0.1, -0.05) is 19.1 Å². The van der Waals surface area contributed by atoms with Crippen molar-refractivity contribution in [3.8, 4) is 5.75 Å². The summed E-state index contributed by atoms with van der Waals surface area (Å²) in [5, 5.41) is 0. The standard InChI is InChI=1S/C14H21NO/c1-10(12-6-7-12)14(15)9-11-4-3-5-13(8-11)16-2/h3-5,8,10,12,14H,6-7,9,15H2,1-2H3. The fourth-order valence-corrected chi connectivity index (χ4v) is 2.23. The molecule has 0 aliphatic heterocycles. The fourth-order valence-electron chi connectivity index (χ4n) is 2.23. The van der Waals surface area contributed by atoms with E-state index in [9.17, 15) is 0 Å². The number of hydrogen-bond acceptors (Lipinski definition) is 2. The molecular formula is C14H21NO. The predicted molar refractivity (Wildman–Crippen MR) is 66.6 cm³/mol. The molecule has 0 radical (unpaired) electrons. The van der Waals surface area contributed by atoms with Crippen LogP contribution in [-0.2, 0) is 6.42 Å². The van der Waals surface area contributed by atoms with Crippen LogP contribution in [0.2, 0.25) is 0 Å². The van der Waals surface area contributed by atoms with Gasteiger partial charge in [-0.05, 0) is 48.8 Å². The summed E-state index contributed by atoms with van der Waals surface area (Å²) in [6.45, 7) is 2.28. The van der Waals surface area contributed by atoms with E-state index in [0.717, 1.165) is 18.1 Å². The van der Waals surface area contributed by atoms with Crippen LogP contribution >= 0.6 is 0 Å². The minimum Gasteiger partial charge on any atom is -0.497 e. The van der Waals surface area contributed by atoms with Crippen molar-refractivity contribution in [3.63, 3.8) is 0 Å². The summed E-state index contributed by atoms with van der Waals surface area (Å²) in [7, 11) is 1.70. The van der Waals surface area contributed by atoms with Crippen LogP contribution in [0.3, 0.4) is 0 Å². The average Bonchev–Trinajstić information content (AvgIpc) is 3.12. The van der Waals surface area contributed by atoms with Crippen molar-refractivity contribution >= 4 is 0 Å². The second kappa shape index (κ2) is 4.88. The van der Waals surface area contributed by atoms with Crippen molar-refractivity contribution in [2.45, 2.75) is 32.2 Å². The van der Waals surface area contributed by atoms with Crippen LogP contribution in [0.25, 0.3) is 0 Å². The summed E-state index contributed by atoms with van der Waals surface area (Å²) >= 11 is 0. The zero-order valence-electron chi connectivity index (χ0n) is 10.1. The highest BCUT2D eigenvalue weighted by molar-refractivity contribution is 5.29. The van der Waals surface area contributed by atoms with Gasteiger partial charge in [-0.25, -0.2) is 0 Å². The monoisotopic (exact) mass is 219 g/mol.